The summed E-state index contributed by atoms with van der Waals surface area (Å²) in [4.78, 5) is 0.475. The average molecular weight is 260 g/mol. The lowest BCUT2D eigenvalue weighted by Crippen LogP contribution is -2.17. The molecule has 0 bridgehead atoms. The summed E-state index contributed by atoms with van der Waals surface area (Å²) in [6.07, 6.45) is 1.51. The largest absolute Gasteiger partial charge is 0.301 e. The summed E-state index contributed by atoms with van der Waals surface area (Å²) in [6, 6.07) is 5.34. The van der Waals surface area contributed by atoms with Crippen molar-refractivity contribution >= 4 is 21.4 Å². The number of rotatable bonds is 2. The van der Waals surface area contributed by atoms with Gasteiger partial charge < -0.3 is 5.32 Å². The fourth-order valence-corrected chi connectivity index (χ4v) is 3.70. The highest BCUT2D eigenvalue weighted by Crippen LogP contribution is 2.28. The molecule has 2 rings (SSSR count). The van der Waals surface area contributed by atoms with Crippen LogP contribution in [0, 0.1) is 0 Å². The molecule has 1 unspecified atom stereocenters. The SMILES string of the molecule is CNC(Cl)c1ccc2c(c1)CCCS2(=O)=O. The summed E-state index contributed by atoms with van der Waals surface area (Å²) in [5.41, 5.74) is 1.54. The van der Waals surface area contributed by atoms with Gasteiger partial charge in [-0.05, 0) is 37.1 Å². The van der Waals surface area contributed by atoms with Gasteiger partial charge in [0.25, 0.3) is 0 Å². The third-order valence-electron chi connectivity index (χ3n) is 2.82. The molecule has 0 radical (unpaired) electrons. The van der Waals surface area contributed by atoms with E-state index in [1.807, 2.05) is 6.07 Å². The molecule has 0 aliphatic carbocycles. The Kier molecular flexibility index (Phi) is 3.24. The molecule has 3 nitrogen and oxygen atoms in total. The lowest BCUT2D eigenvalue weighted by molar-refractivity contribution is 0.586. The Morgan fingerprint density at radius 1 is 1.44 bits per heavy atom. The van der Waals surface area contributed by atoms with Gasteiger partial charge in [-0.3, -0.25) is 0 Å². The van der Waals surface area contributed by atoms with E-state index >= 15 is 0 Å². The maximum absolute atomic E-state index is 11.8. The van der Waals surface area contributed by atoms with Gasteiger partial charge in [-0.15, -0.1) is 11.6 Å². The van der Waals surface area contributed by atoms with Gasteiger partial charge in [0, 0.05) is 0 Å². The molecule has 0 saturated carbocycles. The van der Waals surface area contributed by atoms with Gasteiger partial charge in [-0.1, -0.05) is 12.1 Å². The van der Waals surface area contributed by atoms with Gasteiger partial charge in [0.05, 0.1) is 10.6 Å². The molecule has 0 saturated heterocycles. The van der Waals surface area contributed by atoms with E-state index in [1.54, 1.807) is 19.2 Å². The topological polar surface area (TPSA) is 46.2 Å². The van der Waals surface area contributed by atoms with Crippen molar-refractivity contribution in [1.82, 2.24) is 5.32 Å². The van der Waals surface area contributed by atoms with Gasteiger partial charge in [0.1, 0.15) is 5.50 Å². The first-order valence-corrected chi connectivity index (χ1v) is 7.30. The third-order valence-corrected chi connectivity index (χ3v) is 5.19. The van der Waals surface area contributed by atoms with E-state index in [-0.39, 0.29) is 11.3 Å². The van der Waals surface area contributed by atoms with Crippen LogP contribution in [0.1, 0.15) is 23.0 Å². The van der Waals surface area contributed by atoms with Crippen LogP contribution < -0.4 is 5.32 Å². The molecule has 0 fully saturated rings. The minimum atomic E-state index is -3.05. The monoisotopic (exact) mass is 259 g/mol. The highest BCUT2D eigenvalue weighted by Gasteiger charge is 2.23. The van der Waals surface area contributed by atoms with Crippen molar-refractivity contribution in [2.75, 3.05) is 12.8 Å². The van der Waals surface area contributed by atoms with E-state index in [9.17, 15) is 8.42 Å². The van der Waals surface area contributed by atoms with Crippen LogP contribution in [-0.4, -0.2) is 21.2 Å². The number of fused-ring (bicyclic) bond motifs is 1. The predicted octanol–water partition coefficient (Wildman–Crippen LogP) is 1.86. The van der Waals surface area contributed by atoms with Gasteiger partial charge in [-0.25, -0.2) is 8.42 Å². The molecule has 0 spiro atoms. The standard InChI is InChI=1S/C11H14ClNO2S/c1-13-11(12)9-4-5-10-8(7-9)3-2-6-16(10,14)15/h4-5,7,11,13H,2-3,6H2,1H3. The van der Waals surface area contributed by atoms with Crippen molar-refractivity contribution in [3.8, 4) is 0 Å². The van der Waals surface area contributed by atoms with Crippen molar-refractivity contribution in [3.63, 3.8) is 0 Å². The Labute approximate surface area is 101 Å². The van der Waals surface area contributed by atoms with E-state index in [0.717, 1.165) is 17.5 Å². The zero-order valence-electron chi connectivity index (χ0n) is 9.03. The Bertz CT molecular complexity index is 499. The molecule has 88 valence electrons. The van der Waals surface area contributed by atoms with E-state index in [0.29, 0.717) is 11.3 Å². The predicted molar refractivity (Wildman–Crippen MR) is 64.5 cm³/mol. The lowest BCUT2D eigenvalue weighted by atomic mass is 10.1. The minimum Gasteiger partial charge on any atom is -0.301 e. The highest BCUT2D eigenvalue weighted by molar-refractivity contribution is 7.91. The van der Waals surface area contributed by atoms with Crippen LogP contribution in [0.15, 0.2) is 23.1 Å². The second-order valence-electron chi connectivity index (χ2n) is 3.94. The first kappa shape index (κ1) is 11.9. The molecule has 1 aliphatic heterocycles. The maximum atomic E-state index is 11.8. The second-order valence-corrected chi connectivity index (χ2v) is 6.45. The number of benzene rings is 1. The smallest absolute Gasteiger partial charge is 0.178 e. The third kappa shape index (κ3) is 2.10. The molecule has 0 amide bonds. The van der Waals surface area contributed by atoms with E-state index in [2.05, 4.69) is 5.32 Å². The number of hydrogen-bond acceptors (Lipinski definition) is 3. The van der Waals surface area contributed by atoms with Crippen LogP contribution in [0.2, 0.25) is 0 Å². The average Bonchev–Trinajstić information content (AvgIpc) is 2.27. The zero-order valence-corrected chi connectivity index (χ0v) is 10.6. The quantitative estimate of drug-likeness (QED) is 0.652. The van der Waals surface area contributed by atoms with Crippen LogP contribution in [-0.2, 0) is 16.3 Å². The van der Waals surface area contributed by atoms with Gasteiger partial charge in [0.15, 0.2) is 9.84 Å². The van der Waals surface area contributed by atoms with Crippen LogP contribution in [0.4, 0.5) is 0 Å². The van der Waals surface area contributed by atoms with E-state index in [4.69, 9.17) is 11.6 Å². The Hall–Kier alpha value is -0.580. The number of sulfone groups is 1. The van der Waals surface area contributed by atoms with Gasteiger partial charge >= 0.3 is 0 Å². The molecule has 5 heteroatoms. The first-order chi connectivity index (χ1) is 7.54. The second kappa shape index (κ2) is 4.35. The Balaban J connectivity index is 2.48. The number of nitrogens with one attached hydrogen (secondary N) is 1. The summed E-state index contributed by atoms with van der Waals surface area (Å²) < 4.78 is 23.6. The van der Waals surface area contributed by atoms with Gasteiger partial charge in [-0.2, -0.15) is 0 Å². The number of aryl methyl sites for hydroxylation is 1. The molecule has 1 aliphatic rings. The summed E-state index contributed by atoms with van der Waals surface area (Å²) in [5.74, 6) is 0.260. The molecule has 1 aromatic carbocycles. The number of hydrogen-bond donors (Lipinski definition) is 1. The van der Waals surface area contributed by atoms with E-state index in [1.165, 1.54) is 0 Å². The van der Waals surface area contributed by atoms with E-state index < -0.39 is 9.84 Å². The van der Waals surface area contributed by atoms with Crippen LogP contribution >= 0.6 is 11.6 Å². The molecule has 1 aromatic rings. The van der Waals surface area contributed by atoms with Crippen molar-refractivity contribution < 1.29 is 8.42 Å². The van der Waals surface area contributed by atoms with Crippen molar-refractivity contribution in [2.45, 2.75) is 23.2 Å². The molecule has 1 atom stereocenters. The summed E-state index contributed by atoms with van der Waals surface area (Å²) in [5, 5.41) is 2.92. The zero-order chi connectivity index (χ0) is 11.8. The fourth-order valence-electron chi connectivity index (χ4n) is 1.99. The fraction of sp³-hybridized carbons (Fsp3) is 0.455. The van der Waals surface area contributed by atoms with Crippen molar-refractivity contribution in [1.29, 1.82) is 0 Å². The molecular formula is C11H14ClNO2S. The lowest BCUT2D eigenvalue weighted by Gasteiger charge is -2.18. The molecule has 0 aromatic heterocycles. The number of halogens is 1. The molecule has 1 heterocycles. The Morgan fingerprint density at radius 3 is 2.88 bits per heavy atom. The minimum absolute atomic E-state index is 0.260. The maximum Gasteiger partial charge on any atom is 0.178 e. The summed E-state index contributed by atoms with van der Waals surface area (Å²) in [6.45, 7) is 0. The van der Waals surface area contributed by atoms with Crippen LogP contribution in [0.3, 0.4) is 0 Å². The summed E-state index contributed by atoms with van der Waals surface area (Å²) in [7, 11) is -1.28. The Morgan fingerprint density at radius 2 is 2.19 bits per heavy atom. The van der Waals surface area contributed by atoms with Crippen molar-refractivity contribution in [2.24, 2.45) is 0 Å². The van der Waals surface area contributed by atoms with Crippen LogP contribution in [0.5, 0.6) is 0 Å². The summed E-state index contributed by atoms with van der Waals surface area (Å²) >= 11 is 6.04. The van der Waals surface area contributed by atoms with Gasteiger partial charge in [0.2, 0.25) is 0 Å². The first-order valence-electron chi connectivity index (χ1n) is 5.21. The highest BCUT2D eigenvalue weighted by atomic mass is 35.5. The van der Waals surface area contributed by atoms with Crippen LogP contribution in [0.25, 0.3) is 0 Å². The molecule has 16 heavy (non-hydrogen) atoms. The normalized spacial score (nSPS) is 20.1. The molecule has 1 N–H and O–H groups in total. The van der Waals surface area contributed by atoms with Crippen molar-refractivity contribution in [3.05, 3.63) is 29.3 Å². The molecular weight excluding hydrogens is 246 g/mol. The number of alkyl halides is 1.